The molecule has 6 N–H and O–H groups in total. The summed E-state index contributed by atoms with van der Waals surface area (Å²) in [6.45, 7) is 9.09. The Bertz CT molecular complexity index is 224. The van der Waals surface area contributed by atoms with E-state index >= 15 is 0 Å². The second-order valence-electron chi connectivity index (χ2n) is 3.33. The van der Waals surface area contributed by atoms with Crippen LogP contribution in [0.3, 0.4) is 0 Å². The van der Waals surface area contributed by atoms with Gasteiger partial charge in [0.2, 0.25) is 0 Å². The van der Waals surface area contributed by atoms with E-state index in [0.29, 0.717) is 0 Å². The van der Waals surface area contributed by atoms with Gasteiger partial charge in [-0.15, -0.1) is 12.6 Å². The molecule has 0 atom stereocenters. The molecule has 18 heavy (non-hydrogen) atoms. The Labute approximate surface area is 118 Å². The third-order valence-corrected chi connectivity index (χ3v) is 2.09. The first-order valence-corrected chi connectivity index (χ1v) is 6.61. The normalized spacial score (nSPS) is 7.44. The van der Waals surface area contributed by atoms with Crippen molar-refractivity contribution in [3.63, 3.8) is 0 Å². The minimum absolute atomic E-state index is 0. The number of rotatable bonds is 3. The van der Waals surface area contributed by atoms with Gasteiger partial charge in [-0.3, -0.25) is 0 Å². The molecule has 0 saturated heterocycles. The van der Waals surface area contributed by atoms with E-state index in [0.717, 1.165) is 11.4 Å². The average molecular weight is 277 g/mol. The quantitative estimate of drug-likeness (QED) is 0.645. The van der Waals surface area contributed by atoms with Crippen LogP contribution in [0, 0.1) is 6.92 Å². The maximum Gasteiger partial charge on any atom is 0.00426 e. The molecule has 0 unspecified atom stereocenters. The smallest absolute Gasteiger partial charge is 0.00426 e. The molecule has 0 aliphatic rings. The second kappa shape index (κ2) is 21.7. The third-order valence-electron chi connectivity index (χ3n) is 1.81. The fraction of sp³-hybridized carbons (Fsp3) is 0.571. The maximum absolute atomic E-state index is 5.21. The van der Waals surface area contributed by atoms with Gasteiger partial charge in [0, 0.05) is 4.90 Å². The average Bonchev–Trinajstić information content (AvgIpc) is 2.29. The Morgan fingerprint density at radius 1 is 1.11 bits per heavy atom. The van der Waals surface area contributed by atoms with Crippen molar-refractivity contribution >= 4 is 12.6 Å². The molecular formula is C14H31NO2S. The van der Waals surface area contributed by atoms with Gasteiger partial charge in [-0.2, -0.15) is 0 Å². The fourth-order valence-corrected chi connectivity index (χ4v) is 1.31. The molecule has 3 nitrogen and oxygen atoms in total. The van der Waals surface area contributed by atoms with Gasteiger partial charge in [-0.1, -0.05) is 51.3 Å². The van der Waals surface area contributed by atoms with Gasteiger partial charge >= 0.3 is 0 Å². The summed E-state index contributed by atoms with van der Waals surface area (Å²) >= 11 is 4.15. The van der Waals surface area contributed by atoms with Crippen LogP contribution < -0.4 is 5.73 Å². The largest absolute Gasteiger partial charge is 0.412 e. The Morgan fingerprint density at radius 3 is 1.89 bits per heavy atom. The predicted octanol–water partition coefficient (Wildman–Crippen LogP) is 2.80. The van der Waals surface area contributed by atoms with Crippen LogP contribution >= 0.6 is 12.6 Å². The van der Waals surface area contributed by atoms with Crippen molar-refractivity contribution in [3.8, 4) is 0 Å². The molecular weight excluding hydrogens is 246 g/mol. The van der Waals surface area contributed by atoms with Gasteiger partial charge < -0.3 is 16.7 Å². The van der Waals surface area contributed by atoms with Crippen LogP contribution in [0.5, 0.6) is 0 Å². The summed E-state index contributed by atoms with van der Waals surface area (Å²) in [5.41, 5.74) is 6.48. The van der Waals surface area contributed by atoms with Crippen molar-refractivity contribution in [1.29, 1.82) is 0 Å². The summed E-state index contributed by atoms with van der Waals surface area (Å²) in [6, 6.07) is 8.05. The minimum atomic E-state index is 0. The number of hydrogen-bond donors (Lipinski definition) is 2. The molecule has 0 heterocycles. The maximum atomic E-state index is 5.21. The monoisotopic (exact) mass is 277 g/mol. The van der Waals surface area contributed by atoms with Gasteiger partial charge in [0.25, 0.3) is 0 Å². The van der Waals surface area contributed by atoms with Crippen LogP contribution in [0.1, 0.15) is 45.6 Å². The van der Waals surface area contributed by atoms with Gasteiger partial charge in [0.1, 0.15) is 0 Å². The molecule has 0 bridgehead atoms. The van der Waals surface area contributed by atoms with E-state index in [9.17, 15) is 0 Å². The predicted molar refractivity (Wildman–Crippen MR) is 85.6 cm³/mol. The van der Waals surface area contributed by atoms with Crippen LogP contribution in [0.15, 0.2) is 29.2 Å². The topological polar surface area (TPSA) is 89.0 Å². The highest BCUT2D eigenvalue weighted by atomic mass is 32.1. The molecule has 0 spiro atoms. The van der Waals surface area contributed by atoms with E-state index in [-0.39, 0.29) is 11.0 Å². The van der Waals surface area contributed by atoms with E-state index in [1.807, 2.05) is 32.0 Å². The molecule has 0 fully saturated rings. The third kappa shape index (κ3) is 20.8. The SMILES string of the molecule is CC.CCCCCN.Cc1cccc(S)c1.O.O. The number of unbranched alkanes of at least 4 members (excludes halogenated alkanes) is 2. The highest BCUT2D eigenvalue weighted by Gasteiger charge is 1.81. The zero-order valence-corrected chi connectivity index (χ0v) is 13.1. The Balaban J connectivity index is -0.0000000895. The van der Waals surface area contributed by atoms with Crippen LogP contribution in [-0.4, -0.2) is 17.5 Å². The van der Waals surface area contributed by atoms with Crippen molar-refractivity contribution in [2.24, 2.45) is 5.73 Å². The van der Waals surface area contributed by atoms with E-state index in [1.54, 1.807) is 0 Å². The van der Waals surface area contributed by atoms with Crippen molar-refractivity contribution in [2.75, 3.05) is 6.54 Å². The van der Waals surface area contributed by atoms with Gasteiger partial charge in [-0.05, 0) is 32.0 Å². The molecule has 0 amide bonds. The lowest BCUT2D eigenvalue weighted by Gasteiger charge is -1.89. The van der Waals surface area contributed by atoms with Crippen molar-refractivity contribution in [2.45, 2.75) is 51.9 Å². The van der Waals surface area contributed by atoms with E-state index in [1.165, 1.54) is 24.8 Å². The lowest BCUT2D eigenvalue weighted by Crippen LogP contribution is -1.96. The number of benzene rings is 1. The highest BCUT2D eigenvalue weighted by Crippen LogP contribution is 2.06. The number of hydrogen-bond acceptors (Lipinski definition) is 2. The molecule has 1 rings (SSSR count). The van der Waals surface area contributed by atoms with Gasteiger partial charge in [-0.25, -0.2) is 0 Å². The Kier molecular flexibility index (Phi) is 31.5. The number of thiol groups is 1. The fourth-order valence-electron chi connectivity index (χ4n) is 1.02. The molecule has 0 radical (unpaired) electrons. The summed E-state index contributed by atoms with van der Waals surface area (Å²) in [4.78, 5) is 1.03. The summed E-state index contributed by atoms with van der Waals surface area (Å²) in [5.74, 6) is 0. The summed E-state index contributed by atoms with van der Waals surface area (Å²) in [5, 5.41) is 0. The van der Waals surface area contributed by atoms with Gasteiger partial charge in [0.05, 0.1) is 0 Å². The van der Waals surface area contributed by atoms with E-state index in [4.69, 9.17) is 5.73 Å². The molecule has 0 aliphatic heterocycles. The van der Waals surface area contributed by atoms with E-state index < -0.39 is 0 Å². The van der Waals surface area contributed by atoms with Crippen LogP contribution in [0.4, 0.5) is 0 Å². The van der Waals surface area contributed by atoms with Crippen molar-refractivity contribution < 1.29 is 11.0 Å². The van der Waals surface area contributed by atoms with Crippen molar-refractivity contribution in [1.82, 2.24) is 0 Å². The summed E-state index contributed by atoms with van der Waals surface area (Å²) in [7, 11) is 0. The zero-order valence-electron chi connectivity index (χ0n) is 12.2. The standard InChI is InChI=1S/C7H8S.C5H13N.C2H6.2H2O/c1-6-3-2-4-7(8)5-6;1-2-3-4-5-6;1-2;;/h2-5,8H,1H3;2-6H2,1H3;1-2H3;2*1H2. The van der Waals surface area contributed by atoms with Crippen LogP contribution in [0.25, 0.3) is 0 Å². The van der Waals surface area contributed by atoms with Crippen LogP contribution in [0.2, 0.25) is 0 Å². The second-order valence-corrected chi connectivity index (χ2v) is 3.85. The molecule has 4 heteroatoms. The molecule has 1 aromatic carbocycles. The molecule has 0 aliphatic carbocycles. The number of nitrogens with two attached hydrogens (primary N) is 1. The number of aryl methyl sites for hydroxylation is 1. The lowest BCUT2D eigenvalue weighted by molar-refractivity contribution is 0.727. The first-order valence-electron chi connectivity index (χ1n) is 6.16. The Hall–Kier alpha value is -0.550. The lowest BCUT2D eigenvalue weighted by atomic mass is 10.2. The summed E-state index contributed by atoms with van der Waals surface area (Å²) in [6.07, 6.45) is 3.75. The molecule has 1 aromatic rings. The highest BCUT2D eigenvalue weighted by molar-refractivity contribution is 7.80. The molecule has 0 aromatic heterocycles. The van der Waals surface area contributed by atoms with Crippen LogP contribution in [-0.2, 0) is 0 Å². The zero-order chi connectivity index (χ0) is 12.8. The first-order chi connectivity index (χ1) is 7.70. The van der Waals surface area contributed by atoms with E-state index in [2.05, 4.69) is 32.5 Å². The summed E-state index contributed by atoms with van der Waals surface area (Å²) < 4.78 is 0. The minimum Gasteiger partial charge on any atom is -0.412 e. The first kappa shape index (κ1) is 26.1. The molecule has 0 saturated carbocycles. The molecule has 110 valence electrons. The van der Waals surface area contributed by atoms with Crippen molar-refractivity contribution in [3.05, 3.63) is 29.8 Å². The Morgan fingerprint density at radius 2 is 1.67 bits per heavy atom. The van der Waals surface area contributed by atoms with Gasteiger partial charge in [0.15, 0.2) is 0 Å².